The molecule has 2 amide bonds. The van der Waals surface area contributed by atoms with Gasteiger partial charge in [0.1, 0.15) is 18.2 Å². The molecule has 3 aromatic rings. The van der Waals surface area contributed by atoms with Gasteiger partial charge in [-0.05, 0) is 36.6 Å². The number of hydrogen-bond donors (Lipinski definition) is 0. The molecular weight excluding hydrogens is 439 g/mol. The van der Waals surface area contributed by atoms with Crippen LogP contribution in [0.15, 0.2) is 42.5 Å². The monoisotopic (exact) mass is 460 g/mol. The van der Waals surface area contributed by atoms with Crippen LogP contribution in [0.2, 0.25) is 5.02 Å². The van der Waals surface area contributed by atoms with Crippen molar-refractivity contribution in [1.29, 1.82) is 0 Å². The van der Waals surface area contributed by atoms with Crippen LogP contribution >= 0.6 is 23.4 Å². The Kier molecular flexibility index (Phi) is 6.48. The molecule has 1 aromatic heterocycles. The minimum Gasteiger partial charge on any atom is -0.338 e. The summed E-state index contributed by atoms with van der Waals surface area (Å²) in [5.74, 6) is 0.867. The first-order chi connectivity index (χ1) is 15.0. The van der Waals surface area contributed by atoms with Crippen LogP contribution < -0.4 is 0 Å². The van der Waals surface area contributed by atoms with E-state index in [9.17, 15) is 14.0 Å². The van der Waals surface area contributed by atoms with Crippen LogP contribution in [0.1, 0.15) is 16.2 Å². The fraction of sp³-hybridized carbons (Fsp3) is 0.318. The van der Waals surface area contributed by atoms with Crippen molar-refractivity contribution >= 4 is 46.2 Å². The van der Waals surface area contributed by atoms with Crippen LogP contribution in [0.4, 0.5) is 4.39 Å². The number of para-hydroxylation sites is 2. The van der Waals surface area contributed by atoms with Crippen LogP contribution in [0, 0.1) is 5.82 Å². The minimum atomic E-state index is -0.482. The van der Waals surface area contributed by atoms with E-state index in [0.29, 0.717) is 26.2 Å². The third kappa shape index (κ3) is 4.55. The lowest BCUT2D eigenvalue weighted by Gasteiger charge is -2.35. The maximum Gasteiger partial charge on any atom is 0.255 e. The molecule has 0 bridgehead atoms. The second-order valence-corrected chi connectivity index (χ2v) is 8.61. The van der Waals surface area contributed by atoms with Crippen molar-refractivity contribution in [3.63, 3.8) is 0 Å². The Morgan fingerprint density at radius 2 is 1.81 bits per heavy atom. The molecule has 1 aliphatic heterocycles. The zero-order valence-electron chi connectivity index (χ0n) is 17.1. The first kappa shape index (κ1) is 21.6. The lowest BCUT2D eigenvalue weighted by Crippen LogP contribution is -2.51. The maximum atomic E-state index is 13.3. The predicted molar refractivity (Wildman–Crippen MR) is 121 cm³/mol. The summed E-state index contributed by atoms with van der Waals surface area (Å²) in [5.41, 5.74) is 2.10. The Morgan fingerprint density at radius 3 is 2.52 bits per heavy atom. The van der Waals surface area contributed by atoms with Gasteiger partial charge in [0.2, 0.25) is 5.91 Å². The third-order valence-electron chi connectivity index (χ3n) is 5.38. The van der Waals surface area contributed by atoms with E-state index in [1.807, 2.05) is 35.1 Å². The lowest BCUT2D eigenvalue weighted by atomic mass is 10.1. The highest BCUT2D eigenvalue weighted by Crippen LogP contribution is 2.21. The van der Waals surface area contributed by atoms with E-state index in [0.717, 1.165) is 28.7 Å². The van der Waals surface area contributed by atoms with Crippen molar-refractivity contribution in [2.75, 3.05) is 32.4 Å². The Bertz CT molecular complexity index is 1130. The van der Waals surface area contributed by atoms with E-state index >= 15 is 0 Å². The summed E-state index contributed by atoms with van der Waals surface area (Å²) in [4.78, 5) is 33.8. The molecule has 0 atom stereocenters. The summed E-state index contributed by atoms with van der Waals surface area (Å²) in [5, 5.41) is 0.0943. The van der Waals surface area contributed by atoms with E-state index < -0.39 is 5.82 Å². The number of thioether (sulfide) groups is 1. The molecule has 1 fully saturated rings. The van der Waals surface area contributed by atoms with E-state index in [-0.39, 0.29) is 28.9 Å². The molecule has 0 saturated carbocycles. The number of carbonyl (C=O) groups is 2. The molecule has 6 nitrogen and oxygen atoms in total. The van der Waals surface area contributed by atoms with Crippen molar-refractivity contribution in [3.05, 3.63) is 64.7 Å². The fourth-order valence-electron chi connectivity index (χ4n) is 3.77. The molecular formula is C22H22ClFN4O2S. The topological polar surface area (TPSA) is 58.4 Å². The Balaban J connectivity index is 1.43. The molecule has 9 heteroatoms. The molecule has 1 saturated heterocycles. The van der Waals surface area contributed by atoms with Gasteiger partial charge in [-0.2, -0.15) is 11.8 Å². The number of carbonyl (C=O) groups excluding carboxylic acids is 2. The SMILES string of the molecule is CSCc1nc2ccccc2n1CC(=O)N1CCN(C(=O)c2ccc(F)cc2Cl)CC1. The number of amides is 2. The maximum absolute atomic E-state index is 13.3. The van der Waals surface area contributed by atoms with Crippen molar-refractivity contribution < 1.29 is 14.0 Å². The van der Waals surface area contributed by atoms with Gasteiger partial charge in [0.05, 0.1) is 27.4 Å². The third-order valence-corrected chi connectivity index (χ3v) is 6.24. The standard InChI is InChI=1S/C22H22ClFN4O2S/c1-31-14-20-25-18-4-2-3-5-19(18)28(20)13-21(29)26-8-10-27(11-9-26)22(30)16-7-6-15(24)12-17(16)23/h2-7,12H,8-11,13-14H2,1H3. The van der Waals surface area contributed by atoms with Gasteiger partial charge >= 0.3 is 0 Å². The summed E-state index contributed by atoms with van der Waals surface area (Å²) in [6.07, 6.45) is 2.01. The highest BCUT2D eigenvalue weighted by molar-refractivity contribution is 7.97. The predicted octanol–water partition coefficient (Wildman–Crippen LogP) is 3.68. The zero-order valence-corrected chi connectivity index (χ0v) is 18.6. The molecule has 0 aliphatic carbocycles. The Morgan fingerprint density at radius 1 is 1.10 bits per heavy atom. The van der Waals surface area contributed by atoms with Gasteiger partial charge in [-0.15, -0.1) is 0 Å². The zero-order chi connectivity index (χ0) is 22.0. The smallest absolute Gasteiger partial charge is 0.255 e. The van der Waals surface area contributed by atoms with Crippen molar-refractivity contribution in [2.45, 2.75) is 12.3 Å². The number of rotatable bonds is 5. The second kappa shape index (κ2) is 9.28. The number of imidazole rings is 1. The van der Waals surface area contributed by atoms with E-state index in [1.54, 1.807) is 21.6 Å². The fourth-order valence-corrected chi connectivity index (χ4v) is 4.50. The normalized spacial score (nSPS) is 14.3. The molecule has 2 heterocycles. The summed E-state index contributed by atoms with van der Waals surface area (Å²) in [6, 6.07) is 11.6. The molecule has 1 aliphatic rings. The van der Waals surface area contributed by atoms with Crippen LogP contribution in [-0.2, 0) is 17.1 Å². The highest BCUT2D eigenvalue weighted by Gasteiger charge is 2.26. The number of nitrogens with zero attached hydrogens (tertiary/aromatic N) is 4. The Labute approximate surface area is 189 Å². The lowest BCUT2D eigenvalue weighted by molar-refractivity contribution is -0.133. The van der Waals surface area contributed by atoms with Crippen molar-refractivity contribution in [1.82, 2.24) is 19.4 Å². The summed E-state index contributed by atoms with van der Waals surface area (Å²) < 4.78 is 15.2. The first-order valence-corrected chi connectivity index (χ1v) is 11.7. The van der Waals surface area contributed by atoms with Crippen molar-refractivity contribution in [3.8, 4) is 0 Å². The van der Waals surface area contributed by atoms with Gasteiger partial charge in [-0.3, -0.25) is 9.59 Å². The second-order valence-electron chi connectivity index (χ2n) is 7.33. The number of aromatic nitrogens is 2. The average Bonchev–Trinajstić information content (AvgIpc) is 3.11. The largest absolute Gasteiger partial charge is 0.338 e. The van der Waals surface area contributed by atoms with Gasteiger partial charge < -0.3 is 14.4 Å². The molecule has 0 N–H and O–H groups in total. The quantitative estimate of drug-likeness (QED) is 0.583. The highest BCUT2D eigenvalue weighted by atomic mass is 35.5. The first-order valence-electron chi connectivity index (χ1n) is 9.93. The molecule has 31 heavy (non-hydrogen) atoms. The van der Waals surface area contributed by atoms with Gasteiger partial charge in [-0.25, -0.2) is 9.37 Å². The van der Waals surface area contributed by atoms with Crippen LogP contribution in [0.25, 0.3) is 11.0 Å². The van der Waals surface area contributed by atoms with Crippen molar-refractivity contribution in [2.24, 2.45) is 0 Å². The van der Waals surface area contributed by atoms with Crippen LogP contribution in [0.3, 0.4) is 0 Å². The number of benzene rings is 2. The van der Waals surface area contributed by atoms with Gasteiger partial charge in [-0.1, -0.05) is 23.7 Å². The number of fused-ring (bicyclic) bond motifs is 1. The molecule has 2 aromatic carbocycles. The molecule has 0 radical (unpaired) electrons. The van der Waals surface area contributed by atoms with Crippen LogP contribution in [0.5, 0.6) is 0 Å². The van der Waals surface area contributed by atoms with Gasteiger partial charge in [0.15, 0.2) is 0 Å². The average molecular weight is 461 g/mol. The van der Waals surface area contributed by atoms with E-state index in [2.05, 4.69) is 4.98 Å². The Hall–Kier alpha value is -2.58. The molecule has 162 valence electrons. The number of hydrogen-bond acceptors (Lipinski definition) is 4. The summed E-state index contributed by atoms with van der Waals surface area (Å²) in [7, 11) is 0. The summed E-state index contributed by atoms with van der Waals surface area (Å²) in [6.45, 7) is 1.90. The van der Waals surface area contributed by atoms with E-state index in [4.69, 9.17) is 11.6 Å². The van der Waals surface area contributed by atoms with E-state index in [1.165, 1.54) is 12.1 Å². The van der Waals surface area contributed by atoms with Gasteiger partial charge in [0.25, 0.3) is 5.91 Å². The molecule has 0 spiro atoms. The molecule has 4 rings (SSSR count). The summed E-state index contributed by atoms with van der Waals surface area (Å²) >= 11 is 7.69. The van der Waals surface area contributed by atoms with Crippen LogP contribution in [-0.4, -0.2) is 63.6 Å². The number of piperazine rings is 1. The molecule has 0 unspecified atom stereocenters. The van der Waals surface area contributed by atoms with Gasteiger partial charge in [0, 0.05) is 26.2 Å². The number of halogens is 2. The minimum absolute atomic E-state index is 0.00239.